The van der Waals surface area contributed by atoms with Crippen LogP contribution in [0.3, 0.4) is 0 Å². The highest BCUT2D eigenvalue weighted by Crippen LogP contribution is 2.22. The maximum absolute atomic E-state index is 11.6. The first-order chi connectivity index (χ1) is 8.73. The number of nitrogens with zero attached hydrogens (tertiary/aromatic N) is 1. The van der Waals surface area contributed by atoms with Gasteiger partial charge < -0.3 is 4.74 Å². The van der Waals surface area contributed by atoms with Gasteiger partial charge in [0, 0.05) is 14.7 Å². The van der Waals surface area contributed by atoms with Crippen molar-refractivity contribution in [2.24, 2.45) is 0 Å². The molecule has 0 spiro atoms. The number of aromatic nitrogens is 1. The van der Waals surface area contributed by atoms with E-state index in [0.717, 1.165) is 3.57 Å². The normalized spacial score (nSPS) is 12.7. The zero-order valence-electron chi connectivity index (χ0n) is 11.2. The van der Waals surface area contributed by atoms with E-state index in [1.165, 1.54) is 6.20 Å². The summed E-state index contributed by atoms with van der Waals surface area (Å²) in [6, 6.07) is 1.78. The highest BCUT2D eigenvalue weighted by atomic mass is 127. The second kappa shape index (κ2) is 6.56. The zero-order chi connectivity index (χ0) is 14.6. The Morgan fingerprint density at radius 2 is 2.16 bits per heavy atom. The van der Waals surface area contributed by atoms with Gasteiger partial charge in [0.15, 0.2) is 0 Å². The molecule has 1 aromatic rings. The molecule has 1 rings (SSSR count). The molecule has 1 N–H and O–H groups in total. The van der Waals surface area contributed by atoms with Crippen LogP contribution in [0, 0.1) is 3.57 Å². The summed E-state index contributed by atoms with van der Waals surface area (Å²) in [4.78, 5) is 15.8. The van der Waals surface area contributed by atoms with Gasteiger partial charge in [-0.25, -0.2) is 4.79 Å². The summed E-state index contributed by atoms with van der Waals surface area (Å²) in [6.45, 7) is 7.18. The summed E-state index contributed by atoms with van der Waals surface area (Å²) in [6.07, 6.45) is 1.01. The number of nitrogens with one attached hydrogen (secondary N) is 1. The monoisotopic (exact) mass is 395 g/mol. The Morgan fingerprint density at radius 1 is 1.53 bits per heavy atom. The number of rotatable bonds is 3. The number of hydrogen-bond donors (Lipinski definition) is 1. The lowest BCUT2D eigenvalue weighted by Crippen LogP contribution is -2.27. The van der Waals surface area contributed by atoms with Crippen LogP contribution in [0.4, 0.5) is 10.5 Å². The number of amides is 1. The minimum absolute atomic E-state index is 0.218. The molecule has 1 unspecified atom stereocenters. The number of ether oxygens (including phenoxy) is 1. The highest BCUT2D eigenvalue weighted by molar-refractivity contribution is 14.1. The smallest absolute Gasteiger partial charge is 0.444 e. The summed E-state index contributed by atoms with van der Waals surface area (Å²) in [5.41, 5.74) is 0.720. The minimum atomic E-state index is -0.545. The van der Waals surface area contributed by atoms with E-state index in [1.807, 2.05) is 0 Å². The van der Waals surface area contributed by atoms with Crippen LogP contribution in [0.5, 0.6) is 0 Å². The van der Waals surface area contributed by atoms with Gasteiger partial charge in [-0.1, -0.05) is 0 Å². The summed E-state index contributed by atoms with van der Waals surface area (Å²) in [5.74, 6) is 0. The molecule has 0 radical (unpaired) electrons. The largest absolute Gasteiger partial charge is 0.468 e. The lowest BCUT2D eigenvalue weighted by molar-refractivity contribution is 0.0635. The van der Waals surface area contributed by atoms with Gasteiger partial charge in [0.1, 0.15) is 11.3 Å². The van der Waals surface area contributed by atoms with Crippen molar-refractivity contribution in [1.82, 2.24) is 4.98 Å². The number of halogens is 1. The van der Waals surface area contributed by atoms with Crippen LogP contribution < -0.4 is 5.32 Å². The molecular formula is C12H16IN2O3S+. The number of hydrogen-bond acceptors (Lipinski definition) is 4. The first-order valence-corrected chi connectivity index (χ1v) is 7.55. The molecule has 0 aliphatic carbocycles. The third-order valence-corrected chi connectivity index (χ3v) is 3.49. The van der Waals surface area contributed by atoms with Crippen molar-refractivity contribution in [3.8, 4) is 0 Å². The average molecular weight is 395 g/mol. The lowest BCUT2D eigenvalue weighted by Gasteiger charge is -2.19. The van der Waals surface area contributed by atoms with Crippen molar-refractivity contribution in [3.05, 3.63) is 21.5 Å². The number of pyridine rings is 1. The Balaban J connectivity index is 2.81. The maximum atomic E-state index is 11.6. The first-order valence-electron chi connectivity index (χ1n) is 5.67. The van der Waals surface area contributed by atoms with Gasteiger partial charge in [0.05, 0.1) is 11.9 Å². The van der Waals surface area contributed by atoms with Crippen molar-refractivity contribution in [3.63, 3.8) is 0 Å². The Morgan fingerprint density at radius 3 is 2.63 bits per heavy atom. The van der Waals surface area contributed by atoms with E-state index < -0.39 is 11.7 Å². The summed E-state index contributed by atoms with van der Waals surface area (Å²) >= 11 is 2.57. The minimum Gasteiger partial charge on any atom is -0.444 e. The summed E-state index contributed by atoms with van der Waals surface area (Å²) in [5, 5.41) is 2.42. The second-order valence-electron chi connectivity index (χ2n) is 4.95. The van der Waals surface area contributed by atoms with Crippen molar-refractivity contribution in [2.45, 2.75) is 38.5 Å². The van der Waals surface area contributed by atoms with Crippen molar-refractivity contribution >= 4 is 46.0 Å². The molecule has 104 valence electrons. The van der Waals surface area contributed by atoms with Gasteiger partial charge >= 0.3 is 17.8 Å². The molecule has 0 aromatic carbocycles. The van der Waals surface area contributed by atoms with E-state index in [-0.39, 0.29) is 5.25 Å². The molecule has 0 saturated heterocycles. The van der Waals surface area contributed by atoms with Gasteiger partial charge in [-0.15, -0.1) is 0 Å². The molecule has 0 aliphatic heterocycles. The van der Waals surface area contributed by atoms with Gasteiger partial charge in [0.25, 0.3) is 5.25 Å². The standard InChI is InChI=1S/C12H15IN2O3S/c1-7(19-17)9-5-8(13)10(6-14-9)15-11(16)18-12(2,3)4/h5-7H,1-4H3/p+1. The van der Waals surface area contributed by atoms with Gasteiger partial charge in [-0.2, -0.15) is 0 Å². The maximum Gasteiger partial charge on any atom is 0.468 e. The predicted molar refractivity (Wildman–Crippen MR) is 83.3 cm³/mol. The SMILES string of the molecule is CC([S+]=O)c1cc(I)c(NC(=O)OC(C)(C)C)cn1. The molecule has 1 aromatic heterocycles. The van der Waals surface area contributed by atoms with Crippen LogP contribution in [0.25, 0.3) is 0 Å². The van der Waals surface area contributed by atoms with Crippen LogP contribution in [-0.2, 0) is 20.6 Å². The van der Waals surface area contributed by atoms with E-state index in [1.54, 1.807) is 33.8 Å². The Hall–Kier alpha value is -0.830. The number of carbonyl (C=O) groups is 1. The van der Waals surface area contributed by atoms with E-state index in [4.69, 9.17) is 4.74 Å². The summed E-state index contributed by atoms with van der Waals surface area (Å²) < 4.78 is 16.7. The third kappa shape index (κ3) is 5.35. The highest BCUT2D eigenvalue weighted by Gasteiger charge is 2.21. The van der Waals surface area contributed by atoms with Crippen molar-refractivity contribution in [1.29, 1.82) is 0 Å². The molecule has 0 bridgehead atoms. The van der Waals surface area contributed by atoms with Gasteiger partial charge in [0.2, 0.25) is 0 Å². The van der Waals surface area contributed by atoms with Gasteiger partial charge in [-0.05, 0) is 49.4 Å². The Bertz CT molecular complexity index is 488. The molecule has 19 heavy (non-hydrogen) atoms. The molecule has 0 aliphatic rings. The topological polar surface area (TPSA) is 68.3 Å². The van der Waals surface area contributed by atoms with Crippen LogP contribution in [0.15, 0.2) is 12.3 Å². The van der Waals surface area contributed by atoms with E-state index in [2.05, 4.69) is 32.9 Å². The lowest BCUT2D eigenvalue weighted by atomic mass is 10.2. The molecule has 0 saturated carbocycles. The quantitative estimate of drug-likeness (QED) is 0.628. The number of anilines is 1. The van der Waals surface area contributed by atoms with E-state index >= 15 is 0 Å². The first kappa shape index (κ1) is 16.2. The Labute approximate surface area is 130 Å². The zero-order valence-corrected chi connectivity index (χ0v) is 14.2. The van der Waals surface area contributed by atoms with Crippen LogP contribution in [0.1, 0.15) is 38.6 Å². The van der Waals surface area contributed by atoms with Crippen LogP contribution in [-0.4, -0.2) is 16.7 Å². The average Bonchev–Trinajstić information content (AvgIpc) is 2.28. The van der Waals surface area contributed by atoms with Gasteiger partial charge in [-0.3, -0.25) is 10.3 Å². The molecule has 7 heteroatoms. The van der Waals surface area contributed by atoms with Crippen molar-refractivity contribution in [2.75, 3.05) is 5.32 Å². The fraction of sp³-hybridized carbons (Fsp3) is 0.500. The van der Waals surface area contributed by atoms with E-state index in [9.17, 15) is 9.00 Å². The van der Waals surface area contributed by atoms with Crippen LogP contribution >= 0.6 is 22.6 Å². The summed E-state index contributed by atoms with van der Waals surface area (Å²) in [7, 11) is 0. The molecule has 1 atom stereocenters. The van der Waals surface area contributed by atoms with Crippen LogP contribution in [0.2, 0.25) is 0 Å². The molecule has 1 amide bonds. The molecule has 1 heterocycles. The second-order valence-corrected chi connectivity index (χ2v) is 7.02. The fourth-order valence-electron chi connectivity index (χ4n) is 1.22. The fourth-order valence-corrected chi connectivity index (χ4v) is 2.04. The number of carbonyl (C=O) groups excluding carboxylic acids is 1. The van der Waals surface area contributed by atoms with Crippen molar-refractivity contribution < 1.29 is 13.7 Å². The molecule has 0 fully saturated rings. The predicted octanol–water partition coefficient (Wildman–Crippen LogP) is 3.52. The third-order valence-electron chi connectivity index (χ3n) is 2.07. The molecule has 5 nitrogen and oxygen atoms in total. The molecular weight excluding hydrogens is 379 g/mol. The Kier molecular flexibility index (Phi) is 5.60. The van der Waals surface area contributed by atoms with E-state index in [0.29, 0.717) is 23.0 Å².